The molecule has 152 valence electrons. The van der Waals surface area contributed by atoms with Crippen LogP contribution in [0.1, 0.15) is 33.6 Å². The molecular formula is C20H27FN4O3. The summed E-state index contributed by atoms with van der Waals surface area (Å²) in [6.45, 7) is 7.49. The Morgan fingerprint density at radius 2 is 1.75 bits per heavy atom. The van der Waals surface area contributed by atoms with Gasteiger partial charge in [0.05, 0.1) is 17.8 Å². The number of rotatable bonds is 2. The Bertz CT molecular complexity index is 761. The number of fused-ring (bicyclic) bond motifs is 2. The van der Waals surface area contributed by atoms with Crippen LogP contribution in [0.2, 0.25) is 0 Å². The summed E-state index contributed by atoms with van der Waals surface area (Å²) in [5.74, 6) is -0.395. The monoisotopic (exact) mass is 390 g/mol. The third-order valence-electron chi connectivity index (χ3n) is 5.71. The highest BCUT2D eigenvalue weighted by Gasteiger charge is 2.46. The largest absolute Gasteiger partial charge is 0.444 e. The molecule has 3 fully saturated rings. The van der Waals surface area contributed by atoms with Gasteiger partial charge in [-0.2, -0.15) is 0 Å². The van der Waals surface area contributed by atoms with Crippen LogP contribution in [-0.4, -0.2) is 70.6 Å². The number of anilines is 1. The molecule has 7 nitrogen and oxygen atoms in total. The van der Waals surface area contributed by atoms with Crippen molar-refractivity contribution in [2.24, 2.45) is 5.92 Å². The van der Waals surface area contributed by atoms with E-state index < -0.39 is 5.60 Å². The Morgan fingerprint density at radius 3 is 2.32 bits per heavy atom. The van der Waals surface area contributed by atoms with Crippen LogP contribution in [0.25, 0.3) is 0 Å². The van der Waals surface area contributed by atoms with E-state index in [-0.39, 0.29) is 35.8 Å². The first-order valence-corrected chi connectivity index (χ1v) is 9.87. The molecule has 0 aromatic carbocycles. The second kappa shape index (κ2) is 6.90. The van der Waals surface area contributed by atoms with E-state index in [1.54, 1.807) is 17.2 Å². The fourth-order valence-electron chi connectivity index (χ4n) is 4.42. The van der Waals surface area contributed by atoms with Crippen molar-refractivity contribution >= 4 is 17.7 Å². The van der Waals surface area contributed by atoms with Crippen molar-refractivity contribution in [3.63, 3.8) is 0 Å². The van der Waals surface area contributed by atoms with E-state index in [0.29, 0.717) is 31.9 Å². The number of likely N-dealkylation sites (tertiary alicyclic amines) is 2. The van der Waals surface area contributed by atoms with Gasteiger partial charge in [0, 0.05) is 44.5 Å². The molecule has 0 spiro atoms. The number of hydrogen-bond acceptors (Lipinski definition) is 5. The first kappa shape index (κ1) is 19.0. The van der Waals surface area contributed by atoms with Crippen molar-refractivity contribution in [3.05, 3.63) is 24.3 Å². The van der Waals surface area contributed by atoms with Gasteiger partial charge >= 0.3 is 6.09 Å². The van der Waals surface area contributed by atoms with E-state index in [0.717, 1.165) is 12.8 Å². The summed E-state index contributed by atoms with van der Waals surface area (Å²) in [7, 11) is 0. The maximum atomic E-state index is 14.2. The summed E-state index contributed by atoms with van der Waals surface area (Å²) in [5.41, 5.74) is 0.0403. The van der Waals surface area contributed by atoms with Crippen LogP contribution < -0.4 is 4.90 Å². The quantitative estimate of drug-likeness (QED) is 0.775. The molecule has 2 amide bonds. The normalized spacial score (nSPS) is 24.9. The summed E-state index contributed by atoms with van der Waals surface area (Å²) in [5, 5.41) is 0. The van der Waals surface area contributed by atoms with Crippen molar-refractivity contribution in [2.75, 3.05) is 31.1 Å². The molecule has 3 saturated heterocycles. The van der Waals surface area contributed by atoms with Crippen molar-refractivity contribution in [1.82, 2.24) is 14.8 Å². The van der Waals surface area contributed by atoms with Crippen LogP contribution in [0.4, 0.5) is 14.9 Å². The number of pyridine rings is 1. The maximum absolute atomic E-state index is 14.2. The van der Waals surface area contributed by atoms with Crippen LogP contribution in [-0.2, 0) is 9.53 Å². The van der Waals surface area contributed by atoms with Crippen molar-refractivity contribution in [1.29, 1.82) is 0 Å². The third-order valence-corrected chi connectivity index (χ3v) is 5.71. The lowest BCUT2D eigenvalue weighted by Crippen LogP contribution is -2.62. The average molecular weight is 390 g/mol. The Hall–Kier alpha value is -2.38. The molecule has 8 heteroatoms. The predicted octanol–water partition coefficient (Wildman–Crippen LogP) is 2.27. The number of aromatic nitrogens is 1. The highest BCUT2D eigenvalue weighted by Crippen LogP contribution is 2.36. The van der Waals surface area contributed by atoms with Gasteiger partial charge in [0.25, 0.3) is 0 Å². The van der Waals surface area contributed by atoms with Crippen LogP contribution in [0.3, 0.4) is 0 Å². The molecule has 28 heavy (non-hydrogen) atoms. The molecule has 4 heterocycles. The highest BCUT2D eigenvalue weighted by atomic mass is 19.1. The molecule has 2 atom stereocenters. The first-order chi connectivity index (χ1) is 13.2. The zero-order chi connectivity index (χ0) is 20.1. The lowest BCUT2D eigenvalue weighted by atomic mass is 9.98. The molecule has 0 N–H and O–H groups in total. The van der Waals surface area contributed by atoms with Crippen LogP contribution in [0.15, 0.2) is 18.5 Å². The highest BCUT2D eigenvalue weighted by molar-refractivity contribution is 5.83. The van der Waals surface area contributed by atoms with Crippen molar-refractivity contribution in [2.45, 2.75) is 51.3 Å². The molecule has 3 aliphatic rings. The Kier molecular flexibility index (Phi) is 4.67. The van der Waals surface area contributed by atoms with Gasteiger partial charge in [-0.3, -0.25) is 9.78 Å². The molecule has 0 radical (unpaired) electrons. The van der Waals surface area contributed by atoms with Crippen LogP contribution >= 0.6 is 0 Å². The van der Waals surface area contributed by atoms with Crippen molar-refractivity contribution in [3.8, 4) is 0 Å². The van der Waals surface area contributed by atoms with Crippen molar-refractivity contribution < 1.29 is 18.7 Å². The predicted molar refractivity (Wildman–Crippen MR) is 101 cm³/mol. The fraction of sp³-hybridized carbons (Fsp3) is 0.650. The molecule has 0 unspecified atom stereocenters. The minimum absolute atomic E-state index is 0.0894. The number of amides is 2. The standard InChI is InChI=1S/C20H27FN4O3/c1-20(2,3)28-19(27)24-9-13(10-24)18(26)23-11-14-4-5-15(12-23)25(14)17-6-7-22-8-16(17)21/h6-8,13-15H,4-5,9-12H2,1-3H3/t14-,15+. The van der Waals surface area contributed by atoms with Gasteiger partial charge in [0.2, 0.25) is 5.91 Å². The van der Waals surface area contributed by atoms with Crippen LogP contribution in [0, 0.1) is 11.7 Å². The van der Waals surface area contributed by atoms with E-state index in [1.807, 2.05) is 25.7 Å². The molecule has 0 saturated carbocycles. The van der Waals surface area contributed by atoms with Crippen LogP contribution in [0.5, 0.6) is 0 Å². The van der Waals surface area contributed by atoms with Gasteiger partial charge in [-0.15, -0.1) is 0 Å². The Morgan fingerprint density at radius 1 is 1.11 bits per heavy atom. The summed E-state index contributed by atoms with van der Waals surface area (Å²) >= 11 is 0. The third kappa shape index (κ3) is 3.52. The number of halogens is 1. The number of ether oxygens (including phenoxy) is 1. The smallest absolute Gasteiger partial charge is 0.410 e. The Labute approximate surface area is 164 Å². The topological polar surface area (TPSA) is 66.0 Å². The number of hydrogen-bond donors (Lipinski definition) is 0. The summed E-state index contributed by atoms with van der Waals surface area (Å²) in [6.07, 6.45) is 4.38. The van der Waals surface area contributed by atoms with E-state index in [9.17, 15) is 14.0 Å². The van der Waals surface area contributed by atoms with E-state index in [4.69, 9.17) is 4.74 Å². The zero-order valence-corrected chi connectivity index (χ0v) is 16.6. The average Bonchev–Trinajstić information content (AvgIpc) is 2.81. The van der Waals surface area contributed by atoms with E-state index in [1.165, 1.54) is 6.20 Å². The molecule has 1 aromatic rings. The second-order valence-electron chi connectivity index (χ2n) is 8.94. The minimum Gasteiger partial charge on any atom is -0.444 e. The van der Waals surface area contributed by atoms with Gasteiger partial charge < -0.3 is 19.4 Å². The number of carbonyl (C=O) groups is 2. The lowest BCUT2D eigenvalue weighted by molar-refractivity contribution is -0.141. The first-order valence-electron chi connectivity index (χ1n) is 9.87. The lowest BCUT2D eigenvalue weighted by Gasteiger charge is -2.46. The zero-order valence-electron chi connectivity index (χ0n) is 16.6. The van der Waals surface area contributed by atoms with Gasteiger partial charge in [0.1, 0.15) is 5.60 Å². The molecular weight excluding hydrogens is 363 g/mol. The molecule has 0 aliphatic carbocycles. The molecule has 3 aliphatic heterocycles. The molecule has 4 rings (SSSR count). The molecule has 1 aromatic heterocycles. The summed E-state index contributed by atoms with van der Waals surface area (Å²) < 4.78 is 19.5. The number of nitrogens with zero attached hydrogens (tertiary/aromatic N) is 4. The number of carbonyl (C=O) groups excluding carboxylic acids is 2. The second-order valence-corrected chi connectivity index (χ2v) is 8.94. The van der Waals surface area contributed by atoms with E-state index >= 15 is 0 Å². The maximum Gasteiger partial charge on any atom is 0.410 e. The van der Waals surface area contributed by atoms with Gasteiger partial charge in [-0.05, 0) is 39.7 Å². The summed E-state index contributed by atoms with van der Waals surface area (Å²) in [6, 6.07) is 1.96. The van der Waals surface area contributed by atoms with E-state index in [2.05, 4.69) is 9.88 Å². The fourth-order valence-corrected chi connectivity index (χ4v) is 4.42. The molecule has 2 bridgehead atoms. The Balaban J connectivity index is 1.35. The van der Waals surface area contributed by atoms with Gasteiger partial charge in [0.15, 0.2) is 5.82 Å². The van der Waals surface area contributed by atoms with Gasteiger partial charge in [-0.1, -0.05) is 0 Å². The minimum atomic E-state index is -0.538. The number of piperazine rings is 1. The summed E-state index contributed by atoms with van der Waals surface area (Å²) in [4.78, 5) is 34.4. The SMILES string of the molecule is CC(C)(C)OC(=O)N1CC(C(=O)N2C[C@H]3CC[C@@H](C2)N3c2ccncc2F)C1. The van der Waals surface area contributed by atoms with Gasteiger partial charge in [-0.25, -0.2) is 9.18 Å².